The molecule has 4 N–H and O–H groups in total. The number of nitrogens with two attached hydrogens (primary N) is 1. The third kappa shape index (κ3) is 26.8. The van der Waals surface area contributed by atoms with Crippen molar-refractivity contribution in [1.82, 2.24) is 5.32 Å². The molecular weight excluding hydrogens is 608 g/mol. The topological polar surface area (TPSA) is 128 Å². The van der Waals surface area contributed by atoms with Gasteiger partial charge in [-0.25, -0.2) is 0 Å². The SMILES string of the molecule is C.C.CCOC(=O)CCN.CCOC(=O)CCNCc1cccc(Br)c1.CO.O=Cc1cccc(Br)c1. The Morgan fingerprint density at radius 3 is 1.86 bits per heavy atom. The zero-order valence-corrected chi connectivity index (χ0v) is 23.6. The number of carbonyl (C=O) groups is 3. The van der Waals surface area contributed by atoms with Gasteiger partial charge in [0.15, 0.2) is 0 Å². The maximum atomic E-state index is 11.0. The number of ether oxygens (including phenoxy) is 2. The maximum absolute atomic E-state index is 11.0. The van der Waals surface area contributed by atoms with Crippen LogP contribution in [0.2, 0.25) is 0 Å². The van der Waals surface area contributed by atoms with Gasteiger partial charge in [-0.3, -0.25) is 14.4 Å². The molecule has 0 spiro atoms. The molecule has 212 valence electrons. The molecule has 0 radical (unpaired) electrons. The molecule has 0 aliphatic heterocycles. The van der Waals surface area contributed by atoms with Gasteiger partial charge in [0.05, 0.1) is 26.1 Å². The Hall–Kier alpha value is -2.11. The predicted molar refractivity (Wildman–Crippen MR) is 159 cm³/mol. The van der Waals surface area contributed by atoms with Gasteiger partial charge in [-0.1, -0.05) is 71.0 Å². The fourth-order valence-corrected chi connectivity index (χ4v) is 3.10. The molecule has 0 saturated heterocycles. The number of aldehydes is 1. The number of aliphatic hydroxyl groups is 1. The van der Waals surface area contributed by atoms with Crippen molar-refractivity contribution in [2.75, 3.05) is 33.4 Å². The second kappa shape index (κ2) is 30.1. The lowest BCUT2D eigenvalue weighted by Crippen LogP contribution is -2.18. The normalized spacial score (nSPS) is 8.62. The Labute approximate surface area is 239 Å². The second-order valence-electron chi connectivity index (χ2n) is 6.38. The van der Waals surface area contributed by atoms with E-state index in [1.807, 2.05) is 37.3 Å². The van der Waals surface area contributed by atoms with Crippen LogP contribution in [-0.4, -0.2) is 56.7 Å². The number of carbonyl (C=O) groups excluding carboxylic acids is 3. The van der Waals surface area contributed by atoms with Gasteiger partial charge in [-0.05, 0) is 43.7 Å². The first-order chi connectivity index (χ1) is 16.9. The molecule has 0 saturated carbocycles. The predicted octanol–water partition coefficient (Wildman–Crippen LogP) is 5.53. The van der Waals surface area contributed by atoms with Crippen molar-refractivity contribution in [3.8, 4) is 0 Å². The lowest BCUT2D eigenvalue weighted by molar-refractivity contribution is -0.143. The zero-order chi connectivity index (χ0) is 26.9. The van der Waals surface area contributed by atoms with E-state index in [9.17, 15) is 14.4 Å². The van der Waals surface area contributed by atoms with Crippen molar-refractivity contribution in [3.63, 3.8) is 0 Å². The van der Waals surface area contributed by atoms with E-state index < -0.39 is 0 Å². The summed E-state index contributed by atoms with van der Waals surface area (Å²) in [6.07, 6.45) is 1.57. The van der Waals surface area contributed by atoms with Crippen LogP contribution in [0, 0.1) is 0 Å². The summed E-state index contributed by atoms with van der Waals surface area (Å²) >= 11 is 6.66. The molecule has 0 unspecified atom stereocenters. The summed E-state index contributed by atoms with van der Waals surface area (Å²) < 4.78 is 11.4. The van der Waals surface area contributed by atoms with E-state index in [2.05, 4.69) is 48.0 Å². The number of rotatable bonds is 10. The van der Waals surface area contributed by atoms with Crippen LogP contribution in [0.15, 0.2) is 57.5 Å². The quantitative estimate of drug-likeness (QED) is 0.174. The van der Waals surface area contributed by atoms with E-state index in [1.54, 1.807) is 19.1 Å². The summed E-state index contributed by atoms with van der Waals surface area (Å²) in [6.45, 7) is 6.26. The van der Waals surface area contributed by atoms with Crippen molar-refractivity contribution >= 4 is 50.1 Å². The van der Waals surface area contributed by atoms with Crippen LogP contribution >= 0.6 is 31.9 Å². The Bertz CT molecular complexity index is 830. The summed E-state index contributed by atoms with van der Waals surface area (Å²) in [6, 6.07) is 15.3. The van der Waals surface area contributed by atoms with Gasteiger partial charge in [-0.15, -0.1) is 0 Å². The molecule has 0 fully saturated rings. The summed E-state index contributed by atoms with van der Waals surface area (Å²) in [5, 5.41) is 10.2. The highest BCUT2D eigenvalue weighted by molar-refractivity contribution is 9.10. The minimum absolute atomic E-state index is 0. The number of hydrogen-bond acceptors (Lipinski definition) is 8. The van der Waals surface area contributed by atoms with Crippen molar-refractivity contribution in [2.24, 2.45) is 5.73 Å². The summed E-state index contributed by atoms with van der Waals surface area (Å²) in [5.74, 6) is -0.362. The van der Waals surface area contributed by atoms with E-state index >= 15 is 0 Å². The number of benzene rings is 2. The number of hydrogen-bond donors (Lipinski definition) is 3. The molecule has 2 rings (SSSR count). The summed E-state index contributed by atoms with van der Waals surface area (Å²) in [4.78, 5) is 31.5. The Balaban J connectivity index is -0.000000223. The van der Waals surface area contributed by atoms with Gasteiger partial charge < -0.3 is 25.6 Å². The van der Waals surface area contributed by atoms with E-state index in [4.69, 9.17) is 15.6 Å². The first-order valence-corrected chi connectivity index (χ1v) is 12.6. The largest absolute Gasteiger partial charge is 0.466 e. The summed E-state index contributed by atoms with van der Waals surface area (Å²) in [5.41, 5.74) is 6.95. The van der Waals surface area contributed by atoms with Crippen LogP contribution in [0.4, 0.5) is 0 Å². The molecule has 2 aromatic rings. The van der Waals surface area contributed by atoms with E-state index in [-0.39, 0.29) is 26.8 Å². The minimum Gasteiger partial charge on any atom is -0.466 e. The third-order valence-electron chi connectivity index (χ3n) is 3.67. The van der Waals surface area contributed by atoms with E-state index in [1.165, 1.54) is 5.56 Å². The molecule has 10 heteroatoms. The monoisotopic (exact) mass is 650 g/mol. The number of esters is 2. The molecule has 0 aliphatic rings. The fraction of sp³-hybridized carbons (Fsp3) is 0.444. The van der Waals surface area contributed by atoms with Gasteiger partial charge in [0, 0.05) is 41.3 Å². The molecule has 0 atom stereocenters. The smallest absolute Gasteiger partial charge is 0.307 e. The van der Waals surface area contributed by atoms with Gasteiger partial charge in [0.25, 0.3) is 0 Å². The first-order valence-electron chi connectivity index (χ1n) is 11.0. The lowest BCUT2D eigenvalue weighted by atomic mass is 10.2. The molecule has 0 amide bonds. The van der Waals surface area contributed by atoms with Gasteiger partial charge >= 0.3 is 11.9 Å². The molecule has 0 bridgehead atoms. The van der Waals surface area contributed by atoms with Crippen LogP contribution in [0.1, 0.15) is 57.5 Å². The Kier molecular flexibility index (Phi) is 34.2. The highest BCUT2D eigenvalue weighted by Crippen LogP contribution is 2.11. The van der Waals surface area contributed by atoms with Crippen LogP contribution in [0.5, 0.6) is 0 Å². The Morgan fingerprint density at radius 2 is 1.43 bits per heavy atom. The molecule has 0 heterocycles. The van der Waals surface area contributed by atoms with Gasteiger partial charge in [0.1, 0.15) is 6.29 Å². The van der Waals surface area contributed by atoms with Crippen molar-refractivity contribution < 1.29 is 29.0 Å². The van der Waals surface area contributed by atoms with E-state index in [0.29, 0.717) is 44.7 Å². The number of halogens is 2. The highest BCUT2D eigenvalue weighted by atomic mass is 79.9. The lowest BCUT2D eigenvalue weighted by Gasteiger charge is -2.05. The van der Waals surface area contributed by atoms with Crippen molar-refractivity contribution in [2.45, 2.75) is 48.1 Å². The molecule has 0 aliphatic carbocycles. The third-order valence-corrected chi connectivity index (χ3v) is 4.65. The van der Waals surface area contributed by atoms with Crippen LogP contribution < -0.4 is 11.1 Å². The first kappa shape index (κ1) is 42.0. The fourth-order valence-electron chi connectivity index (χ4n) is 2.23. The van der Waals surface area contributed by atoms with Crippen molar-refractivity contribution in [3.05, 3.63) is 68.6 Å². The standard InChI is InChI=1S/C12H16BrNO2.C7H5BrO.C5H11NO2.CH4O.2CH4/c1-2-16-12(15)6-7-14-9-10-4-3-5-11(13)8-10;8-7-3-1-2-6(4-7)5-9;1-2-8-5(7)3-4-6;1-2;;/h3-5,8,14H,2,6-7,9H2,1H3;1-5H;2-4,6H2,1H3;2H,1H3;2*1H4. The van der Waals surface area contributed by atoms with Crippen LogP contribution in [0.3, 0.4) is 0 Å². The van der Waals surface area contributed by atoms with Gasteiger partial charge in [-0.2, -0.15) is 0 Å². The molecular formula is C27H44Br2N2O6. The summed E-state index contributed by atoms with van der Waals surface area (Å²) in [7, 11) is 1.00. The van der Waals surface area contributed by atoms with Crippen LogP contribution in [0.25, 0.3) is 0 Å². The highest BCUT2D eigenvalue weighted by Gasteiger charge is 2.00. The average Bonchev–Trinajstić information content (AvgIpc) is 2.84. The second-order valence-corrected chi connectivity index (χ2v) is 8.21. The minimum atomic E-state index is -0.213. The number of aliphatic hydroxyl groups excluding tert-OH is 1. The molecule has 2 aromatic carbocycles. The van der Waals surface area contributed by atoms with Crippen LogP contribution in [-0.2, 0) is 25.6 Å². The van der Waals surface area contributed by atoms with Gasteiger partial charge in [0.2, 0.25) is 0 Å². The number of nitrogens with one attached hydrogen (secondary N) is 1. The van der Waals surface area contributed by atoms with Crippen molar-refractivity contribution in [1.29, 1.82) is 0 Å². The Morgan fingerprint density at radius 1 is 0.919 bits per heavy atom. The molecule has 8 nitrogen and oxygen atoms in total. The maximum Gasteiger partial charge on any atom is 0.307 e. The molecule has 37 heavy (non-hydrogen) atoms. The van der Waals surface area contributed by atoms with E-state index in [0.717, 1.165) is 28.9 Å². The zero-order valence-electron chi connectivity index (χ0n) is 20.5. The average molecular weight is 652 g/mol. The molecule has 0 aromatic heterocycles.